The molecule has 0 aliphatic carbocycles. The molecule has 0 bridgehead atoms. The first-order chi connectivity index (χ1) is 7.63. The molecule has 2 heterocycles. The number of hydrogen-bond donors (Lipinski definition) is 2. The highest BCUT2D eigenvalue weighted by molar-refractivity contribution is 7.71. The lowest BCUT2D eigenvalue weighted by Crippen LogP contribution is -2.10. The van der Waals surface area contributed by atoms with Gasteiger partial charge in [-0.1, -0.05) is 0 Å². The summed E-state index contributed by atoms with van der Waals surface area (Å²) >= 11 is 6.72. The number of thiazole rings is 1. The van der Waals surface area contributed by atoms with Crippen LogP contribution in [-0.2, 0) is 6.61 Å². The molecule has 2 N–H and O–H groups in total. The molecule has 0 aromatic carbocycles. The summed E-state index contributed by atoms with van der Waals surface area (Å²) in [5.74, 6) is 0.533. The number of aromatic nitrogens is 4. The molecule has 2 aromatic rings. The van der Waals surface area contributed by atoms with E-state index in [-0.39, 0.29) is 12.6 Å². The number of aliphatic hydroxyl groups is 1. The molecule has 0 aliphatic rings. The van der Waals surface area contributed by atoms with E-state index in [4.69, 9.17) is 17.3 Å². The normalized spacial score (nSPS) is 12.9. The van der Waals surface area contributed by atoms with E-state index in [2.05, 4.69) is 15.2 Å². The Morgan fingerprint density at radius 1 is 1.69 bits per heavy atom. The second-order valence-electron chi connectivity index (χ2n) is 3.48. The minimum atomic E-state index is -0.137. The Kier molecular flexibility index (Phi) is 3.17. The van der Waals surface area contributed by atoms with Crippen molar-refractivity contribution in [2.75, 3.05) is 0 Å². The van der Waals surface area contributed by atoms with E-state index in [1.54, 1.807) is 15.9 Å². The van der Waals surface area contributed by atoms with Gasteiger partial charge < -0.3 is 5.11 Å². The van der Waals surface area contributed by atoms with Gasteiger partial charge in [0.1, 0.15) is 11.6 Å². The van der Waals surface area contributed by atoms with Gasteiger partial charge in [0.05, 0.1) is 6.04 Å². The van der Waals surface area contributed by atoms with Crippen molar-refractivity contribution < 1.29 is 5.11 Å². The lowest BCUT2D eigenvalue weighted by atomic mass is 10.3. The first-order valence-electron chi connectivity index (χ1n) is 4.82. The summed E-state index contributed by atoms with van der Waals surface area (Å²) in [6.07, 6.45) is 0. The fourth-order valence-electron chi connectivity index (χ4n) is 1.52. The van der Waals surface area contributed by atoms with Gasteiger partial charge in [0.15, 0.2) is 10.6 Å². The van der Waals surface area contributed by atoms with Crippen LogP contribution in [0.15, 0.2) is 5.38 Å². The molecule has 0 saturated heterocycles. The molecule has 2 rings (SSSR count). The molecule has 7 heteroatoms. The number of nitrogens with one attached hydrogen (secondary N) is 1. The van der Waals surface area contributed by atoms with Gasteiger partial charge in [-0.05, 0) is 26.1 Å². The lowest BCUT2D eigenvalue weighted by molar-refractivity contribution is 0.263. The summed E-state index contributed by atoms with van der Waals surface area (Å²) in [6, 6.07) is -0.00731. The molecule has 16 heavy (non-hydrogen) atoms. The van der Waals surface area contributed by atoms with Crippen LogP contribution in [0.4, 0.5) is 0 Å². The standard InChI is InChI=1S/C9H12N4OS2/c1-5-4-16-8(10-5)6(2)13-7(3-14)11-12-9(13)15/h4,6,14H,3H2,1-2H3,(H,12,15). The van der Waals surface area contributed by atoms with Crippen LogP contribution >= 0.6 is 23.6 Å². The SMILES string of the molecule is Cc1csc(C(C)n2c(CO)n[nH]c2=S)n1. The molecule has 1 unspecified atom stereocenters. The molecule has 1 atom stereocenters. The van der Waals surface area contributed by atoms with Crippen LogP contribution in [0.2, 0.25) is 0 Å². The molecule has 0 radical (unpaired) electrons. The van der Waals surface area contributed by atoms with Crippen LogP contribution in [0.5, 0.6) is 0 Å². The van der Waals surface area contributed by atoms with Crippen molar-refractivity contribution in [3.8, 4) is 0 Å². The van der Waals surface area contributed by atoms with Crippen molar-refractivity contribution >= 4 is 23.6 Å². The van der Waals surface area contributed by atoms with E-state index in [1.807, 2.05) is 19.2 Å². The minimum absolute atomic E-state index is 0.00731. The van der Waals surface area contributed by atoms with Crippen LogP contribution in [0.1, 0.15) is 29.5 Å². The average molecular weight is 256 g/mol. The first kappa shape index (κ1) is 11.4. The number of rotatable bonds is 3. The number of aryl methyl sites for hydroxylation is 1. The Labute approximate surface area is 102 Å². The van der Waals surface area contributed by atoms with E-state index in [0.29, 0.717) is 10.6 Å². The number of nitrogens with zero attached hydrogens (tertiary/aromatic N) is 3. The molecule has 5 nitrogen and oxygen atoms in total. The van der Waals surface area contributed by atoms with Gasteiger partial charge in [-0.15, -0.1) is 11.3 Å². The van der Waals surface area contributed by atoms with Crippen LogP contribution in [0.3, 0.4) is 0 Å². The number of aromatic amines is 1. The number of H-pyrrole nitrogens is 1. The van der Waals surface area contributed by atoms with Crippen molar-refractivity contribution in [3.63, 3.8) is 0 Å². The highest BCUT2D eigenvalue weighted by Gasteiger charge is 2.16. The molecule has 2 aromatic heterocycles. The summed E-state index contributed by atoms with van der Waals surface area (Å²) in [6.45, 7) is 3.80. The van der Waals surface area contributed by atoms with Gasteiger partial charge in [-0.25, -0.2) is 4.98 Å². The van der Waals surface area contributed by atoms with Crippen molar-refractivity contribution in [2.45, 2.75) is 26.5 Å². The largest absolute Gasteiger partial charge is 0.388 e. The van der Waals surface area contributed by atoms with Gasteiger partial charge >= 0.3 is 0 Å². The summed E-state index contributed by atoms with van der Waals surface area (Å²) in [5, 5.41) is 18.8. The maximum atomic E-state index is 9.17. The second kappa shape index (κ2) is 4.44. The smallest absolute Gasteiger partial charge is 0.195 e. The first-order valence-corrected chi connectivity index (χ1v) is 6.11. The molecular formula is C9H12N4OS2. The topological polar surface area (TPSA) is 66.7 Å². The highest BCUT2D eigenvalue weighted by atomic mass is 32.1. The van der Waals surface area contributed by atoms with E-state index in [9.17, 15) is 0 Å². The van der Waals surface area contributed by atoms with Gasteiger partial charge in [0.25, 0.3) is 0 Å². The molecule has 86 valence electrons. The van der Waals surface area contributed by atoms with E-state index in [1.165, 1.54) is 0 Å². The third-order valence-electron chi connectivity index (χ3n) is 2.30. The van der Waals surface area contributed by atoms with Crippen LogP contribution in [0, 0.1) is 11.7 Å². The predicted molar refractivity (Wildman–Crippen MR) is 64.0 cm³/mol. The van der Waals surface area contributed by atoms with Crippen molar-refractivity contribution in [1.82, 2.24) is 19.7 Å². The Morgan fingerprint density at radius 3 is 3.00 bits per heavy atom. The Hall–Kier alpha value is -1.05. The van der Waals surface area contributed by atoms with Gasteiger partial charge in [0, 0.05) is 11.1 Å². The lowest BCUT2D eigenvalue weighted by Gasteiger charge is -2.11. The quantitative estimate of drug-likeness (QED) is 0.822. The third-order valence-corrected chi connectivity index (χ3v) is 3.72. The van der Waals surface area contributed by atoms with Crippen LogP contribution in [-0.4, -0.2) is 24.9 Å². The second-order valence-corrected chi connectivity index (χ2v) is 4.75. The fourth-order valence-corrected chi connectivity index (χ4v) is 2.67. The zero-order valence-electron chi connectivity index (χ0n) is 8.97. The maximum Gasteiger partial charge on any atom is 0.195 e. The summed E-state index contributed by atoms with van der Waals surface area (Å²) < 4.78 is 2.29. The fraction of sp³-hybridized carbons (Fsp3) is 0.444. The summed E-state index contributed by atoms with van der Waals surface area (Å²) in [4.78, 5) is 4.41. The highest BCUT2D eigenvalue weighted by Crippen LogP contribution is 2.22. The molecule has 0 spiro atoms. The molecule has 0 amide bonds. The Balaban J connectivity index is 2.44. The summed E-state index contributed by atoms with van der Waals surface area (Å²) in [7, 11) is 0. The molecule has 0 saturated carbocycles. The zero-order chi connectivity index (χ0) is 11.7. The van der Waals surface area contributed by atoms with E-state index >= 15 is 0 Å². The van der Waals surface area contributed by atoms with Gasteiger partial charge in [-0.2, -0.15) is 5.10 Å². The van der Waals surface area contributed by atoms with E-state index in [0.717, 1.165) is 10.7 Å². The maximum absolute atomic E-state index is 9.17. The van der Waals surface area contributed by atoms with Crippen molar-refractivity contribution in [1.29, 1.82) is 0 Å². The summed E-state index contributed by atoms with van der Waals surface area (Å²) in [5.41, 5.74) is 0.993. The Morgan fingerprint density at radius 2 is 2.44 bits per heavy atom. The van der Waals surface area contributed by atoms with Crippen LogP contribution < -0.4 is 0 Å². The van der Waals surface area contributed by atoms with Crippen molar-refractivity contribution in [3.05, 3.63) is 26.7 Å². The molecule has 0 aliphatic heterocycles. The van der Waals surface area contributed by atoms with E-state index < -0.39 is 0 Å². The van der Waals surface area contributed by atoms with Gasteiger partial charge in [0.2, 0.25) is 0 Å². The predicted octanol–water partition coefficient (Wildman–Crippen LogP) is 1.81. The van der Waals surface area contributed by atoms with Crippen LogP contribution in [0.25, 0.3) is 0 Å². The Bertz CT molecular complexity index is 542. The molecule has 0 fully saturated rings. The minimum Gasteiger partial charge on any atom is -0.388 e. The number of hydrogen-bond acceptors (Lipinski definition) is 5. The number of aliphatic hydroxyl groups excluding tert-OH is 1. The van der Waals surface area contributed by atoms with Gasteiger partial charge in [-0.3, -0.25) is 9.67 Å². The molecular weight excluding hydrogens is 244 g/mol. The van der Waals surface area contributed by atoms with Crippen molar-refractivity contribution in [2.24, 2.45) is 0 Å². The third kappa shape index (κ3) is 1.93. The average Bonchev–Trinajstić information content (AvgIpc) is 2.83. The monoisotopic (exact) mass is 256 g/mol. The zero-order valence-corrected chi connectivity index (χ0v) is 10.6.